The lowest BCUT2D eigenvalue weighted by molar-refractivity contribution is 0.103. The molecule has 1 atom stereocenters. The fraction of sp³-hybridized carbons (Fsp3) is 0.278. The van der Waals surface area contributed by atoms with Gasteiger partial charge in [0.1, 0.15) is 0 Å². The van der Waals surface area contributed by atoms with E-state index in [-0.39, 0.29) is 20.6 Å². The Morgan fingerprint density at radius 1 is 1.18 bits per heavy atom. The minimum Gasteiger partial charge on any atom is -0.289 e. The van der Waals surface area contributed by atoms with Gasteiger partial charge in [0, 0.05) is 11.1 Å². The molecule has 2 aromatic carbocycles. The second-order valence-electron chi connectivity index (χ2n) is 5.32. The van der Waals surface area contributed by atoms with Crippen molar-refractivity contribution >= 4 is 14.5 Å². The molecule has 0 aliphatic heterocycles. The van der Waals surface area contributed by atoms with E-state index in [2.05, 4.69) is 0 Å². The van der Waals surface area contributed by atoms with Crippen molar-refractivity contribution in [2.75, 3.05) is 0 Å². The number of rotatable bonds is 6. The predicted octanol–water partition coefficient (Wildman–Crippen LogP) is 5.21. The molecule has 0 aliphatic carbocycles. The topological polar surface area (TPSA) is 43.4 Å². The van der Waals surface area contributed by atoms with Gasteiger partial charge in [-0.15, -0.1) is 0 Å². The molecule has 2 rings (SSSR count). The Morgan fingerprint density at radius 2 is 1.86 bits per heavy atom. The molecule has 0 aliphatic rings. The van der Waals surface area contributed by atoms with Gasteiger partial charge < -0.3 is 0 Å². The summed E-state index contributed by atoms with van der Waals surface area (Å²) in [6.07, 6.45) is 0.288. The maximum absolute atomic E-state index is 12.9. The van der Waals surface area contributed by atoms with Crippen molar-refractivity contribution in [2.45, 2.75) is 33.3 Å². The number of hydrogen-bond donors (Lipinski definition) is 0. The van der Waals surface area contributed by atoms with Gasteiger partial charge in [0.05, 0.1) is 6.10 Å². The maximum atomic E-state index is 12.9. The normalized spacial score (nSPS) is 12.3. The van der Waals surface area contributed by atoms with Gasteiger partial charge in [-0.3, -0.25) is 9.32 Å². The molecule has 0 saturated carbocycles. The molecule has 0 N–H and O–H groups in total. The van der Waals surface area contributed by atoms with Crippen LogP contribution in [0.4, 0.5) is 0 Å². The monoisotopic (exact) mass is 314 g/mol. The summed E-state index contributed by atoms with van der Waals surface area (Å²) in [5.41, 5.74) is 4.10. The molecule has 0 fully saturated rings. The van der Waals surface area contributed by atoms with E-state index in [4.69, 9.17) is 4.52 Å². The molecule has 0 radical (unpaired) electrons. The molecule has 0 saturated heterocycles. The van der Waals surface area contributed by atoms with Crippen LogP contribution in [0, 0.1) is 13.8 Å². The molecule has 114 valence electrons. The van der Waals surface area contributed by atoms with E-state index in [1.807, 2.05) is 51.1 Å². The van der Waals surface area contributed by atoms with Crippen molar-refractivity contribution in [3.63, 3.8) is 0 Å². The predicted molar refractivity (Wildman–Crippen MR) is 87.5 cm³/mol. The van der Waals surface area contributed by atoms with Crippen molar-refractivity contribution in [1.82, 2.24) is 0 Å². The van der Waals surface area contributed by atoms with Crippen LogP contribution >= 0.6 is 8.69 Å². The molecule has 0 spiro atoms. The van der Waals surface area contributed by atoms with Gasteiger partial charge in [0.2, 0.25) is 0 Å². The average molecular weight is 314 g/mol. The molecular weight excluding hydrogens is 295 g/mol. The Balaban J connectivity index is 2.59. The summed E-state index contributed by atoms with van der Waals surface area (Å²) in [4.78, 5) is 12.9. The SMILES string of the molecule is CCC(OP=O)c1c(C)cc(C)cc1C(=O)c1ccccc1. The molecule has 2 aromatic rings. The van der Waals surface area contributed by atoms with Crippen molar-refractivity contribution in [3.05, 3.63) is 70.3 Å². The average Bonchev–Trinajstić information content (AvgIpc) is 2.52. The molecule has 0 heterocycles. The summed E-state index contributed by atoms with van der Waals surface area (Å²) >= 11 is 0. The minimum atomic E-state index is -0.372. The van der Waals surface area contributed by atoms with Crippen molar-refractivity contribution in [1.29, 1.82) is 0 Å². The van der Waals surface area contributed by atoms with Gasteiger partial charge in [0.25, 0.3) is 0 Å². The Morgan fingerprint density at radius 3 is 2.45 bits per heavy atom. The lowest BCUT2D eigenvalue weighted by Crippen LogP contribution is -2.11. The lowest BCUT2D eigenvalue weighted by atomic mass is 9.89. The molecule has 3 nitrogen and oxygen atoms in total. The third kappa shape index (κ3) is 3.49. The number of ketones is 1. The van der Waals surface area contributed by atoms with E-state index in [1.165, 1.54) is 0 Å². The first-order chi connectivity index (χ1) is 10.6. The first-order valence-electron chi connectivity index (χ1n) is 7.27. The number of carbonyl (C=O) groups excluding carboxylic acids is 1. The van der Waals surface area contributed by atoms with E-state index in [0.717, 1.165) is 16.7 Å². The molecule has 0 bridgehead atoms. The third-order valence-corrected chi connectivity index (χ3v) is 4.02. The van der Waals surface area contributed by atoms with E-state index in [1.54, 1.807) is 12.1 Å². The van der Waals surface area contributed by atoms with Crippen LogP contribution in [0.3, 0.4) is 0 Å². The minimum absolute atomic E-state index is 0.0352. The van der Waals surface area contributed by atoms with E-state index >= 15 is 0 Å². The highest BCUT2D eigenvalue weighted by Gasteiger charge is 2.22. The molecule has 22 heavy (non-hydrogen) atoms. The van der Waals surface area contributed by atoms with Gasteiger partial charge in [-0.1, -0.05) is 48.9 Å². The first kappa shape index (κ1) is 16.5. The first-order valence-corrected chi connectivity index (χ1v) is 8.00. The van der Waals surface area contributed by atoms with Gasteiger partial charge >= 0.3 is 8.69 Å². The largest absolute Gasteiger partial charge is 0.327 e. The molecule has 0 amide bonds. The maximum Gasteiger partial charge on any atom is 0.327 e. The summed E-state index contributed by atoms with van der Waals surface area (Å²) in [6.45, 7) is 5.87. The fourth-order valence-electron chi connectivity index (χ4n) is 2.72. The second-order valence-corrected chi connectivity index (χ2v) is 5.67. The summed E-state index contributed by atoms with van der Waals surface area (Å²) in [5, 5.41) is 0. The Labute approximate surface area is 132 Å². The molecule has 1 unspecified atom stereocenters. The van der Waals surface area contributed by atoms with Crippen LogP contribution in [0.5, 0.6) is 0 Å². The van der Waals surface area contributed by atoms with E-state index in [9.17, 15) is 9.36 Å². The van der Waals surface area contributed by atoms with Crippen LogP contribution in [0.25, 0.3) is 0 Å². The standard InChI is InChI=1S/C18H19O3P/c1-4-16(21-22-20)17-13(3)10-12(2)11-15(17)18(19)14-8-6-5-7-9-14/h5-11,16H,4H2,1-3H3. The molecular formula is C18H19O3P. The van der Waals surface area contributed by atoms with Crippen LogP contribution in [0.2, 0.25) is 0 Å². The number of benzene rings is 2. The zero-order valence-electron chi connectivity index (χ0n) is 13.0. The highest BCUT2D eigenvalue weighted by Crippen LogP contribution is 2.32. The van der Waals surface area contributed by atoms with Gasteiger partial charge in [-0.25, -0.2) is 4.57 Å². The van der Waals surface area contributed by atoms with Crippen LogP contribution in [-0.2, 0) is 9.09 Å². The number of hydrogen-bond acceptors (Lipinski definition) is 3. The van der Waals surface area contributed by atoms with Crippen LogP contribution in [0.1, 0.15) is 52.1 Å². The van der Waals surface area contributed by atoms with Gasteiger partial charge in [-0.2, -0.15) is 0 Å². The Bertz CT molecular complexity index is 680. The second kappa shape index (κ2) is 7.44. The smallest absolute Gasteiger partial charge is 0.289 e. The zero-order valence-corrected chi connectivity index (χ0v) is 13.9. The highest BCUT2D eigenvalue weighted by atomic mass is 31.1. The summed E-state index contributed by atoms with van der Waals surface area (Å²) in [6, 6.07) is 13.1. The van der Waals surface area contributed by atoms with Crippen molar-refractivity contribution < 1.29 is 13.9 Å². The Hall–Kier alpha value is -1.83. The number of carbonyl (C=O) groups is 1. The van der Waals surface area contributed by atoms with E-state index < -0.39 is 0 Å². The Kier molecular flexibility index (Phi) is 5.59. The fourth-order valence-corrected chi connectivity index (χ4v) is 3.08. The lowest BCUT2D eigenvalue weighted by Gasteiger charge is -2.19. The van der Waals surface area contributed by atoms with E-state index in [0.29, 0.717) is 17.5 Å². The quantitative estimate of drug-likeness (QED) is 0.543. The third-order valence-electron chi connectivity index (χ3n) is 3.67. The van der Waals surface area contributed by atoms with Crippen LogP contribution in [-0.4, -0.2) is 5.78 Å². The van der Waals surface area contributed by atoms with Crippen molar-refractivity contribution in [2.24, 2.45) is 0 Å². The molecule has 0 aromatic heterocycles. The summed E-state index contributed by atoms with van der Waals surface area (Å²) in [7, 11) is -0.372. The number of aryl methyl sites for hydroxylation is 2. The van der Waals surface area contributed by atoms with Crippen LogP contribution in [0.15, 0.2) is 42.5 Å². The molecule has 4 heteroatoms. The highest BCUT2D eigenvalue weighted by molar-refractivity contribution is 7.17. The van der Waals surface area contributed by atoms with Gasteiger partial charge in [0.15, 0.2) is 5.78 Å². The van der Waals surface area contributed by atoms with Gasteiger partial charge in [-0.05, 0) is 37.5 Å². The summed E-state index contributed by atoms with van der Waals surface area (Å²) in [5.74, 6) is -0.0352. The van der Waals surface area contributed by atoms with Crippen LogP contribution < -0.4 is 0 Å². The zero-order chi connectivity index (χ0) is 16.1. The van der Waals surface area contributed by atoms with Crippen molar-refractivity contribution in [3.8, 4) is 0 Å². The summed E-state index contributed by atoms with van der Waals surface area (Å²) < 4.78 is 16.2.